The second kappa shape index (κ2) is 4.60. The average Bonchev–Trinajstić information content (AvgIpc) is 2.43. The molecule has 0 aliphatic heterocycles. The van der Waals surface area contributed by atoms with E-state index in [1.54, 1.807) is 11.3 Å². The molecule has 3 nitrogen and oxygen atoms in total. The van der Waals surface area contributed by atoms with E-state index in [0.717, 1.165) is 31.6 Å². The van der Waals surface area contributed by atoms with Gasteiger partial charge in [0.25, 0.3) is 0 Å². The maximum absolute atomic E-state index is 9.14. The highest BCUT2D eigenvalue weighted by Crippen LogP contribution is 2.26. The standard InChI is InChI=1S/C11H18N2OS/c1-7-8(2)15-11(13-7)6-12-5-9-3-10(14)4-9/h9-10,12,14H,3-6H2,1-2H3. The van der Waals surface area contributed by atoms with Crippen molar-refractivity contribution >= 4 is 11.3 Å². The van der Waals surface area contributed by atoms with Crippen molar-refractivity contribution in [1.29, 1.82) is 0 Å². The zero-order chi connectivity index (χ0) is 10.8. The third kappa shape index (κ3) is 2.77. The summed E-state index contributed by atoms with van der Waals surface area (Å²) in [4.78, 5) is 5.78. The van der Waals surface area contributed by atoms with Gasteiger partial charge in [-0.05, 0) is 39.2 Å². The molecule has 0 radical (unpaired) electrons. The van der Waals surface area contributed by atoms with Crippen LogP contribution in [0.5, 0.6) is 0 Å². The number of hydrogen-bond acceptors (Lipinski definition) is 4. The van der Waals surface area contributed by atoms with Crippen LogP contribution in [-0.4, -0.2) is 22.7 Å². The van der Waals surface area contributed by atoms with Crippen LogP contribution in [0.2, 0.25) is 0 Å². The molecule has 0 spiro atoms. The molecular formula is C11H18N2OS. The van der Waals surface area contributed by atoms with E-state index >= 15 is 0 Å². The van der Waals surface area contributed by atoms with E-state index in [0.29, 0.717) is 5.92 Å². The Hall–Kier alpha value is -0.450. The number of aryl methyl sites for hydroxylation is 2. The molecule has 1 aromatic rings. The zero-order valence-corrected chi connectivity index (χ0v) is 10.1. The van der Waals surface area contributed by atoms with Crippen molar-refractivity contribution in [1.82, 2.24) is 10.3 Å². The van der Waals surface area contributed by atoms with E-state index in [9.17, 15) is 0 Å². The molecule has 2 N–H and O–H groups in total. The van der Waals surface area contributed by atoms with Gasteiger partial charge in [-0.2, -0.15) is 0 Å². The SMILES string of the molecule is Cc1nc(CNCC2CC(O)C2)sc1C. The number of hydrogen-bond donors (Lipinski definition) is 2. The molecule has 1 heterocycles. The van der Waals surface area contributed by atoms with Crippen molar-refractivity contribution in [3.8, 4) is 0 Å². The third-order valence-electron chi connectivity index (χ3n) is 2.99. The molecule has 0 atom stereocenters. The Labute approximate surface area is 94.5 Å². The third-order valence-corrected chi connectivity index (χ3v) is 4.07. The summed E-state index contributed by atoms with van der Waals surface area (Å²) in [5.74, 6) is 0.669. The maximum atomic E-state index is 9.14. The minimum atomic E-state index is -0.0406. The lowest BCUT2D eigenvalue weighted by Crippen LogP contribution is -2.35. The molecule has 1 aliphatic rings. The van der Waals surface area contributed by atoms with Gasteiger partial charge in [0.15, 0.2) is 0 Å². The summed E-state index contributed by atoms with van der Waals surface area (Å²) in [6.45, 7) is 6.04. The van der Waals surface area contributed by atoms with Crippen LogP contribution in [0.15, 0.2) is 0 Å². The lowest BCUT2D eigenvalue weighted by molar-refractivity contribution is 0.0430. The van der Waals surface area contributed by atoms with Crippen molar-refractivity contribution in [2.75, 3.05) is 6.54 Å². The topological polar surface area (TPSA) is 45.2 Å². The number of aliphatic hydroxyl groups is 1. The minimum Gasteiger partial charge on any atom is -0.393 e. The molecule has 1 aromatic heterocycles. The summed E-state index contributed by atoms with van der Waals surface area (Å²) in [7, 11) is 0. The number of nitrogens with one attached hydrogen (secondary N) is 1. The molecule has 15 heavy (non-hydrogen) atoms. The van der Waals surface area contributed by atoms with Gasteiger partial charge in [-0.3, -0.25) is 0 Å². The summed E-state index contributed by atoms with van der Waals surface area (Å²) >= 11 is 1.77. The first kappa shape index (κ1) is 11.0. The summed E-state index contributed by atoms with van der Waals surface area (Å²) in [6, 6.07) is 0. The molecular weight excluding hydrogens is 208 g/mol. The highest BCUT2D eigenvalue weighted by Gasteiger charge is 2.26. The van der Waals surface area contributed by atoms with Crippen LogP contribution in [0.25, 0.3) is 0 Å². The summed E-state index contributed by atoms with van der Waals surface area (Å²) in [5, 5.41) is 13.7. The van der Waals surface area contributed by atoms with Gasteiger partial charge in [-0.25, -0.2) is 4.98 Å². The van der Waals surface area contributed by atoms with Gasteiger partial charge in [-0.1, -0.05) is 0 Å². The maximum Gasteiger partial charge on any atom is 0.107 e. The quantitative estimate of drug-likeness (QED) is 0.820. The van der Waals surface area contributed by atoms with Gasteiger partial charge in [0.2, 0.25) is 0 Å². The number of rotatable bonds is 4. The smallest absolute Gasteiger partial charge is 0.107 e. The van der Waals surface area contributed by atoms with Crippen LogP contribution < -0.4 is 5.32 Å². The Morgan fingerprint density at radius 2 is 2.20 bits per heavy atom. The van der Waals surface area contributed by atoms with Crippen molar-refractivity contribution in [3.05, 3.63) is 15.6 Å². The molecule has 2 rings (SSSR count). The molecule has 0 unspecified atom stereocenters. The second-order valence-corrected chi connectivity index (χ2v) is 5.66. The molecule has 1 aliphatic carbocycles. The highest BCUT2D eigenvalue weighted by atomic mass is 32.1. The van der Waals surface area contributed by atoms with Gasteiger partial charge in [0, 0.05) is 11.4 Å². The number of aliphatic hydroxyl groups excluding tert-OH is 1. The minimum absolute atomic E-state index is 0.0406. The molecule has 0 saturated heterocycles. The van der Waals surface area contributed by atoms with Crippen molar-refractivity contribution in [2.24, 2.45) is 5.92 Å². The van der Waals surface area contributed by atoms with Gasteiger partial charge >= 0.3 is 0 Å². The summed E-state index contributed by atoms with van der Waals surface area (Å²) in [5.41, 5.74) is 1.15. The van der Waals surface area contributed by atoms with Gasteiger partial charge in [0.05, 0.1) is 11.8 Å². The Morgan fingerprint density at radius 1 is 1.47 bits per heavy atom. The fraction of sp³-hybridized carbons (Fsp3) is 0.727. The largest absolute Gasteiger partial charge is 0.393 e. The van der Waals surface area contributed by atoms with E-state index in [-0.39, 0.29) is 6.10 Å². The predicted octanol–water partition coefficient (Wildman–Crippen LogP) is 1.62. The van der Waals surface area contributed by atoms with Crippen LogP contribution in [-0.2, 0) is 6.54 Å². The van der Waals surface area contributed by atoms with E-state index in [4.69, 9.17) is 5.11 Å². The molecule has 0 amide bonds. The van der Waals surface area contributed by atoms with Gasteiger partial charge < -0.3 is 10.4 Å². The molecule has 4 heteroatoms. The van der Waals surface area contributed by atoms with E-state index in [1.807, 2.05) is 0 Å². The second-order valence-electron chi connectivity index (χ2n) is 4.37. The number of aromatic nitrogens is 1. The fourth-order valence-corrected chi connectivity index (χ4v) is 2.77. The van der Waals surface area contributed by atoms with Crippen LogP contribution in [0.3, 0.4) is 0 Å². The lowest BCUT2D eigenvalue weighted by Gasteiger charge is -2.31. The first-order chi connectivity index (χ1) is 7.15. The van der Waals surface area contributed by atoms with E-state index in [2.05, 4.69) is 24.1 Å². The highest BCUT2D eigenvalue weighted by molar-refractivity contribution is 7.11. The van der Waals surface area contributed by atoms with Crippen LogP contribution in [0.4, 0.5) is 0 Å². The van der Waals surface area contributed by atoms with Crippen LogP contribution in [0.1, 0.15) is 28.4 Å². The fourth-order valence-electron chi connectivity index (χ4n) is 1.87. The van der Waals surface area contributed by atoms with Crippen molar-refractivity contribution in [2.45, 2.75) is 39.3 Å². The normalized spacial score (nSPS) is 25.3. The molecule has 84 valence electrons. The Morgan fingerprint density at radius 3 is 2.73 bits per heavy atom. The number of nitrogens with zero attached hydrogens (tertiary/aromatic N) is 1. The van der Waals surface area contributed by atoms with Crippen LogP contribution >= 0.6 is 11.3 Å². The summed E-state index contributed by atoms with van der Waals surface area (Å²) in [6.07, 6.45) is 1.88. The van der Waals surface area contributed by atoms with Gasteiger partial charge in [0.1, 0.15) is 5.01 Å². The van der Waals surface area contributed by atoms with Crippen molar-refractivity contribution < 1.29 is 5.11 Å². The Balaban J connectivity index is 1.69. The molecule has 1 saturated carbocycles. The van der Waals surface area contributed by atoms with E-state index < -0.39 is 0 Å². The molecule has 0 aromatic carbocycles. The van der Waals surface area contributed by atoms with Crippen molar-refractivity contribution in [3.63, 3.8) is 0 Å². The predicted molar refractivity (Wildman–Crippen MR) is 62.0 cm³/mol. The van der Waals surface area contributed by atoms with Crippen LogP contribution in [0, 0.1) is 19.8 Å². The monoisotopic (exact) mass is 226 g/mol. The lowest BCUT2D eigenvalue weighted by atomic mass is 9.82. The Bertz CT molecular complexity index is 312. The summed E-state index contributed by atoms with van der Waals surface area (Å²) < 4.78 is 0. The first-order valence-corrected chi connectivity index (χ1v) is 6.28. The molecule has 1 fully saturated rings. The number of thiazole rings is 1. The van der Waals surface area contributed by atoms with Gasteiger partial charge in [-0.15, -0.1) is 11.3 Å². The first-order valence-electron chi connectivity index (χ1n) is 5.47. The zero-order valence-electron chi connectivity index (χ0n) is 9.29. The average molecular weight is 226 g/mol. The Kier molecular flexibility index (Phi) is 3.38. The molecule has 0 bridgehead atoms. The van der Waals surface area contributed by atoms with E-state index in [1.165, 1.54) is 9.88 Å².